The smallest absolute Gasteiger partial charge is 0.291 e. The Morgan fingerprint density at radius 1 is 1.08 bits per heavy atom. The van der Waals surface area contributed by atoms with Gasteiger partial charge in [0.2, 0.25) is 11.8 Å². The van der Waals surface area contributed by atoms with Crippen LogP contribution in [0.15, 0.2) is 40.8 Å². The normalized spacial score (nSPS) is 16.5. The first-order valence-corrected chi connectivity index (χ1v) is 7.59. The van der Waals surface area contributed by atoms with Gasteiger partial charge in [0, 0.05) is 17.8 Å². The second-order valence-electron chi connectivity index (χ2n) is 5.59. The molecule has 0 spiro atoms. The van der Waals surface area contributed by atoms with Crippen molar-refractivity contribution in [1.82, 2.24) is 5.32 Å². The number of hydrogen-bond acceptors (Lipinski definition) is 4. The Bertz CT molecular complexity index is 779. The molecule has 0 radical (unpaired) electrons. The third-order valence-corrected chi connectivity index (χ3v) is 3.69. The van der Waals surface area contributed by atoms with Crippen LogP contribution in [-0.4, -0.2) is 23.8 Å². The fourth-order valence-corrected chi connectivity index (χ4v) is 2.43. The van der Waals surface area contributed by atoms with Crippen LogP contribution in [0.5, 0.6) is 0 Å². The van der Waals surface area contributed by atoms with Crippen molar-refractivity contribution in [3.05, 3.63) is 47.9 Å². The molecule has 1 aliphatic heterocycles. The lowest BCUT2D eigenvalue weighted by Gasteiger charge is -2.11. The standard InChI is InChI=1S/C17H17N3O4/c1-10-2-8-14(24-10)17(23)19-12-5-3-11(4-6-12)18-16(22)13-7-9-15(21)20-13/h2-6,8,13H,7,9H2,1H3,(H,18,22)(H,19,23)(H,20,21)/t13-/m1/s1. The second-order valence-corrected chi connectivity index (χ2v) is 5.59. The molecule has 2 heterocycles. The maximum atomic E-state index is 12.0. The predicted molar refractivity (Wildman–Crippen MR) is 87.6 cm³/mol. The van der Waals surface area contributed by atoms with Crippen molar-refractivity contribution in [2.45, 2.75) is 25.8 Å². The third kappa shape index (κ3) is 3.62. The van der Waals surface area contributed by atoms with Crippen LogP contribution in [0.25, 0.3) is 0 Å². The molecule has 1 fully saturated rings. The molecule has 2 aromatic rings. The van der Waals surface area contributed by atoms with Crippen molar-refractivity contribution >= 4 is 29.1 Å². The molecule has 3 N–H and O–H groups in total. The maximum Gasteiger partial charge on any atom is 0.291 e. The zero-order chi connectivity index (χ0) is 17.1. The highest BCUT2D eigenvalue weighted by Gasteiger charge is 2.27. The molecule has 1 aromatic carbocycles. The van der Waals surface area contributed by atoms with Gasteiger partial charge in [-0.05, 0) is 49.7 Å². The minimum absolute atomic E-state index is 0.110. The van der Waals surface area contributed by atoms with Gasteiger partial charge in [-0.15, -0.1) is 0 Å². The summed E-state index contributed by atoms with van der Waals surface area (Å²) >= 11 is 0. The number of benzene rings is 1. The summed E-state index contributed by atoms with van der Waals surface area (Å²) in [6.45, 7) is 1.76. The summed E-state index contributed by atoms with van der Waals surface area (Å²) in [5.41, 5.74) is 1.18. The molecule has 0 unspecified atom stereocenters. The molecule has 7 heteroatoms. The van der Waals surface area contributed by atoms with Gasteiger partial charge in [-0.25, -0.2) is 0 Å². The van der Waals surface area contributed by atoms with E-state index >= 15 is 0 Å². The van der Waals surface area contributed by atoms with Crippen LogP contribution in [0.2, 0.25) is 0 Å². The zero-order valence-corrected chi connectivity index (χ0v) is 13.1. The number of carbonyl (C=O) groups is 3. The molecule has 0 aliphatic carbocycles. The van der Waals surface area contributed by atoms with Gasteiger partial charge < -0.3 is 20.4 Å². The van der Waals surface area contributed by atoms with Crippen molar-refractivity contribution in [2.75, 3.05) is 10.6 Å². The van der Waals surface area contributed by atoms with Crippen LogP contribution in [0.3, 0.4) is 0 Å². The average Bonchev–Trinajstić information content (AvgIpc) is 3.18. The average molecular weight is 327 g/mol. The molecule has 1 atom stereocenters. The molecule has 0 bridgehead atoms. The van der Waals surface area contributed by atoms with Gasteiger partial charge in [0.15, 0.2) is 5.76 Å². The number of nitrogens with one attached hydrogen (secondary N) is 3. The molecule has 1 aromatic heterocycles. The van der Waals surface area contributed by atoms with E-state index in [0.717, 1.165) is 0 Å². The quantitative estimate of drug-likeness (QED) is 0.800. The lowest BCUT2D eigenvalue weighted by atomic mass is 10.2. The van der Waals surface area contributed by atoms with Gasteiger partial charge in [-0.3, -0.25) is 14.4 Å². The van der Waals surface area contributed by atoms with E-state index in [4.69, 9.17) is 4.42 Å². The molecule has 0 saturated carbocycles. The largest absolute Gasteiger partial charge is 0.456 e. The Labute approximate surface area is 138 Å². The predicted octanol–water partition coefficient (Wildman–Crippen LogP) is 2.06. The van der Waals surface area contributed by atoms with Crippen molar-refractivity contribution in [3.63, 3.8) is 0 Å². The number of furan rings is 1. The zero-order valence-electron chi connectivity index (χ0n) is 13.1. The van der Waals surface area contributed by atoms with E-state index in [1.165, 1.54) is 0 Å². The van der Waals surface area contributed by atoms with E-state index in [0.29, 0.717) is 30.0 Å². The third-order valence-electron chi connectivity index (χ3n) is 3.69. The molecule has 7 nitrogen and oxygen atoms in total. The molecule has 1 aliphatic rings. The monoisotopic (exact) mass is 327 g/mol. The van der Waals surface area contributed by atoms with E-state index in [1.54, 1.807) is 43.3 Å². The summed E-state index contributed by atoms with van der Waals surface area (Å²) in [5, 5.41) is 8.06. The van der Waals surface area contributed by atoms with E-state index in [-0.39, 0.29) is 23.5 Å². The molecule has 24 heavy (non-hydrogen) atoms. The van der Waals surface area contributed by atoms with Crippen LogP contribution < -0.4 is 16.0 Å². The first kappa shape index (κ1) is 15.8. The highest BCUT2D eigenvalue weighted by Crippen LogP contribution is 2.17. The van der Waals surface area contributed by atoms with Crippen LogP contribution in [-0.2, 0) is 9.59 Å². The highest BCUT2D eigenvalue weighted by atomic mass is 16.3. The molecular formula is C17H17N3O4. The molecule has 3 rings (SSSR count). The summed E-state index contributed by atoms with van der Waals surface area (Å²) < 4.78 is 5.26. The number of carbonyl (C=O) groups excluding carboxylic acids is 3. The van der Waals surface area contributed by atoms with Gasteiger partial charge >= 0.3 is 0 Å². The summed E-state index contributed by atoms with van der Waals surface area (Å²) in [4.78, 5) is 35.1. The Morgan fingerprint density at radius 2 is 1.75 bits per heavy atom. The molecule has 124 valence electrons. The minimum atomic E-state index is -0.487. The summed E-state index contributed by atoms with van der Waals surface area (Å²) in [6.07, 6.45) is 0.872. The van der Waals surface area contributed by atoms with E-state index in [2.05, 4.69) is 16.0 Å². The first-order chi connectivity index (χ1) is 11.5. The van der Waals surface area contributed by atoms with E-state index in [1.807, 2.05) is 0 Å². The van der Waals surface area contributed by atoms with Crippen molar-refractivity contribution in [1.29, 1.82) is 0 Å². The highest BCUT2D eigenvalue weighted by molar-refractivity contribution is 6.02. The van der Waals surface area contributed by atoms with Crippen molar-refractivity contribution < 1.29 is 18.8 Å². The van der Waals surface area contributed by atoms with Crippen molar-refractivity contribution in [3.8, 4) is 0 Å². The summed E-state index contributed by atoms with van der Waals surface area (Å²) in [5.74, 6) is 0.206. The molecule has 1 saturated heterocycles. The lowest BCUT2D eigenvalue weighted by Crippen LogP contribution is -2.37. The maximum absolute atomic E-state index is 12.0. The summed E-state index contributed by atoms with van der Waals surface area (Å²) in [7, 11) is 0. The number of aryl methyl sites for hydroxylation is 1. The molecular weight excluding hydrogens is 310 g/mol. The minimum Gasteiger partial charge on any atom is -0.456 e. The van der Waals surface area contributed by atoms with Crippen LogP contribution in [0, 0.1) is 6.92 Å². The van der Waals surface area contributed by atoms with Crippen molar-refractivity contribution in [2.24, 2.45) is 0 Å². The fourth-order valence-electron chi connectivity index (χ4n) is 2.43. The Balaban J connectivity index is 1.58. The number of anilines is 2. The Morgan fingerprint density at radius 3 is 2.29 bits per heavy atom. The van der Waals surface area contributed by atoms with Crippen LogP contribution in [0.4, 0.5) is 11.4 Å². The van der Waals surface area contributed by atoms with Gasteiger partial charge in [0.1, 0.15) is 11.8 Å². The second kappa shape index (κ2) is 6.57. The SMILES string of the molecule is Cc1ccc(C(=O)Nc2ccc(NC(=O)[C@H]3CCC(=O)N3)cc2)o1. The number of amides is 3. The van der Waals surface area contributed by atoms with E-state index in [9.17, 15) is 14.4 Å². The van der Waals surface area contributed by atoms with E-state index < -0.39 is 6.04 Å². The van der Waals surface area contributed by atoms with Gasteiger partial charge in [-0.2, -0.15) is 0 Å². The Hall–Kier alpha value is -3.09. The first-order valence-electron chi connectivity index (χ1n) is 7.59. The summed E-state index contributed by atoms with van der Waals surface area (Å²) in [6, 6.07) is 9.55. The molecule has 3 amide bonds. The topological polar surface area (TPSA) is 100 Å². The van der Waals surface area contributed by atoms with Crippen LogP contribution in [0.1, 0.15) is 29.2 Å². The van der Waals surface area contributed by atoms with Crippen LogP contribution >= 0.6 is 0 Å². The number of hydrogen-bond donors (Lipinski definition) is 3. The number of rotatable bonds is 4. The lowest BCUT2D eigenvalue weighted by molar-refractivity contribution is -0.122. The Kier molecular flexibility index (Phi) is 4.33. The van der Waals surface area contributed by atoms with Gasteiger partial charge in [0.25, 0.3) is 5.91 Å². The van der Waals surface area contributed by atoms with Gasteiger partial charge in [0.05, 0.1) is 0 Å². The fraction of sp³-hybridized carbons (Fsp3) is 0.235. The van der Waals surface area contributed by atoms with Gasteiger partial charge in [-0.1, -0.05) is 0 Å².